The lowest BCUT2D eigenvalue weighted by atomic mass is 10.2. The molecule has 1 amide bonds. The zero-order valence-electron chi connectivity index (χ0n) is 12.0. The predicted octanol–water partition coefficient (Wildman–Crippen LogP) is 4.39. The summed E-state index contributed by atoms with van der Waals surface area (Å²) < 4.78 is 6.47. The van der Waals surface area contributed by atoms with E-state index in [1.165, 1.54) is 0 Å². The number of hydrazone groups is 1. The maximum absolute atomic E-state index is 11.8. The SMILES string of the molecule is C/C(=N\NC(=O)COc1ccc(Cl)cc1C)c1ccc(Br)s1. The molecule has 0 aliphatic rings. The molecular weight excluding hydrogens is 388 g/mol. The molecule has 0 saturated carbocycles. The molecule has 0 radical (unpaired) electrons. The van der Waals surface area contributed by atoms with E-state index in [2.05, 4.69) is 26.5 Å². The lowest BCUT2D eigenvalue weighted by Gasteiger charge is -2.08. The molecule has 116 valence electrons. The van der Waals surface area contributed by atoms with Gasteiger partial charge in [-0.3, -0.25) is 4.79 Å². The zero-order valence-corrected chi connectivity index (χ0v) is 15.2. The number of carbonyl (C=O) groups is 1. The van der Waals surface area contributed by atoms with Crippen molar-refractivity contribution in [1.29, 1.82) is 0 Å². The second-order valence-corrected chi connectivity index (χ2v) is 7.43. The minimum absolute atomic E-state index is 0.104. The Bertz CT molecular complexity index is 715. The van der Waals surface area contributed by atoms with Gasteiger partial charge in [0.15, 0.2) is 6.61 Å². The van der Waals surface area contributed by atoms with E-state index < -0.39 is 0 Å². The number of ether oxygens (including phenoxy) is 1. The molecule has 0 spiro atoms. The van der Waals surface area contributed by atoms with Crippen LogP contribution in [-0.2, 0) is 4.79 Å². The summed E-state index contributed by atoms with van der Waals surface area (Å²) in [6.45, 7) is 3.60. The van der Waals surface area contributed by atoms with Gasteiger partial charge in [-0.05, 0) is 65.7 Å². The molecule has 7 heteroatoms. The highest BCUT2D eigenvalue weighted by Crippen LogP contribution is 2.23. The topological polar surface area (TPSA) is 50.7 Å². The van der Waals surface area contributed by atoms with Crippen LogP contribution >= 0.6 is 38.9 Å². The number of amides is 1. The summed E-state index contributed by atoms with van der Waals surface area (Å²) in [5.74, 6) is 0.312. The summed E-state index contributed by atoms with van der Waals surface area (Å²) in [4.78, 5) is 12.7. The first-order valence-corrected chi connectivity index (χ1v) is 8.42. The summed E-state index contributed by atoms with van der Waals surface area (Å²) in [6.07, 6.45) is 0. The van der Waals surface area contributed by atoms with Crippen molar-refractivity contribution in [3.63, 3.8) is 0 Å². The number of thiophene rings is 1. The van der Waals surface area contributed by atoms with Crippen LogP contribution in [0, 0.1) is 6.92 Å². The number of carbonyl (C=O) groups excluding carboxylic acids is 1. The Morgan fingerprint density at radius 3 is 2.82 bits per heavy atom. The fraction of sp³-hybridized carbons (Fsp3) is 0.200. The number of hydrogen-bond acceptors (Lipinski definition) is 4. The number of nitrogens with zero attached hydrogens (tertiary/aromatic N) is 1. The van der Waals surface area contributed by atoms with Crippen LogP contribution in [0.1, 0.15) is 17.4 Å². The number of rotatable bonds is 5. The third kappa shape index (κ3) is 4.83. The van der Waals surface area contributed by atoms with E-state index >= 15 is 0 Å². The van der Waals surface area contributed by atoms with Gasteiger partial charge in [-0.1, -0.05) is 11.6 Å². The lowest BCUT2D eigenvalue weighted by Crippen LogP contribution is -2.25. The highest BCUT2D eigenvalue weighted by Gasteiger charge is 2.06. The highest BCUT2D eigenvalue weighted by atomic mass is 79.9. The van der Waals surface area contributed by atoms with Crippen molar-refractivity contribution < 1.29 is 9.53 Å². The Morgan fingerprint density at radius 2 is 2.18 bits per heavy atom. The Labute approximate surface area is 146 Å². The summed E-state index contributed by atoms with van der Waals surface area (Å²) in [6, 6.07) is 9.12. The van der Waals surface area contributed by atoms with Gasteiger partial charge in [0.05, 0.1) is 14.4 Å². The lowest BCUT2D eigenvalue weighted by molar-refractivity contribution is -0.123. The minimum atomic E-state index is -0.315. The van der Waals surface area contributed by atoms with Crippen molar-refractivity contribution >= 4 is 50.5 Å². The Kier molecular flexibility index (Phi) is 5.99. The largest absolute Gasteiger partial charge is 0.483 e. The van der Waals surface area contributed by atoms with E-state index in [4.69, 9.17) is 16.3 Å². The molecule has 4 nitrogen and oxygen atoms in total. The van der Waals surface area contributed by atoms with Crippen LogP contribution in [-0.4, -0.2) is 18.2 Å². The van der Waals surface area contributed by atoms with Gasteiger partial charge < -0.3 is 4.74 Å². The molecule has 1 N–H and O–H groups in total. The smallest absolute Gasteiger partial charge is 0.277 e. The summed E-state index contributed by atoms with van der Waals surface area (Å²) in [5, 5.41) is 4.70. The van der Waals surface area contributed by atoms with Crippen molar-refractivity contribution in [2.45, 2.75) is 13.8 Å². The predicted molar refractivity (Wildman–Crippen MR) is 94.1 cm³/mol. The molecular formula is C15H14BrClN2O2S. The van der Waals surface area contributed by atoms with E-state index in [1.807, 2.05) is 26.0 Å². The number of benzene rings is 1. The van der Waals surface area contributed by atoms with Crippen LogP contribution in [0.3, 0.4) is 0 Å². The van der Waals surface area contributed by atoms with Crippen molar-refractivity contribution in [2.75, 3.05) is 6.61 Å². The first-order valence-electron chi connectivity index (χ1n) is 6.43. The van der Waals surface area contributed by atoms with Gasteiger partial charge in [-0.25, -0.2) is 5.43 Å². The normalized spacial score (nSPS) is 11.4. The van der Waals surface area contributed by atoms with Crippen LogP contribution in [0.15, 0.2) is 39.2 Å². The molecule has 2 rings (SSSR count). The van der Waals surface area contributed by atoms with Gasteiger partial charge in [-0.15, -0.1) is 11.3 Å². The molecule has 0 unspecified atom stereocenters. The molecule has 0 bridgehead atoms. The van der Waals surface area contributed by atoms with Gasteiger partial charge >= 0.3 is 0 Å². The van der Waals surface area contributed by atoms with Gasteiger partial charge in [-0.2, -0.15) is 5.10 Å². The highest BCUT2D eigenvalue weighted by molar-refractivity contribution is 9.11. The summed E-state index contributed by atoms with van der Waals surface area (Å²) >= 11 is 10.8. The molecule has 22 heavy (non-hydrogen) atoms. The molecule has 1 aromatic heterocycles. The maximum atomic E-state index is 11.8. The molecule has 0 aliphatic heterocycles. The van der Waals surface area contributed by atoms with E-state index in [1.54, 1.807) is 29.5 Å². The number of nitrogens with one attached hydrogen (secondary N) is 1. The Balaban J connectivity index is 1.88. The Hall–Kier alpha value is -1.37. The second kappa shape index (κ2) is 7.76. The quantitative estimate of drug-likeness (QED) is 0.596. The van der Waals surface area contributed by atoms with Crippen molar-refractivity contribution in [3.05, 3.63) is 49.6 Å². The molecule has 0 fully saturated rings. The first-order chi connectivity index (χ1) is 10.5. The van der Waals surface area contributed by atoms with Crippen LogP contribution < -0.4 is 10.2 Å². The first kappa shape index (κ1) is 17.0. The van der Waals surface area contributed by atoms with Crippen molar-refractivity contribution in [3.8, 4) is 5.75 Å². The zero-order chi connectivity index (χ0) is 16.1. The standard InChI is InChI=1S/C15H14BrClN2O2S/c1-9-7-11(17)3-4-12(9)21-8-15(20)19-18-10(2)13-5-6-14(16)22-13/h3-7H,8H2,1-2H3,(H,19,20)/b18-10+. The third-order valence-electron chi connectivity index (χ3n) is 2.77. The minimum Gasteiger partial charge on any atom is -0.483 e. The van der Waals surface area contributed by atoms with E-state index in [9.17, 15) is 4.79 Å². The summed E-state index contributed by atoms with van der Waals surface area (Å²) in [7, 11) is 0. The molecule has 0 atom stereocenters. The van der Waals surface area contributed by atoms with Gasteiger partial charge in [0.1, 0.15) is 5.75 Å². The van der Waals surface area contributed by atoms with Gasteiger partial charge in [0.25, 0.3) is 5.91 Å². The fourth-order valence-corrected chi connectivity index (χ4v) is 3.22. The number of halogens is 2. The van der Waals surface area contributed by atoms with Crippen molar-refractivity contribution in [2.24, 2.45) is 5.10 Å². The van der Waals surface area contributed by atoms with Gasteiger partial charge in [0.2, 0.25) is 0 Å². The molecule has 1 heterocycles. The van der Waals surface area contributed by atoms with Gasteiger partial charge in [0, 0.05) is 5.02 Å². The average Bonchev–Trinajstić information content (AvgIpc) is 2.90. The third-order valence-corrected chi connectivity index (χ3v) is 4.74. The summed E-state index contributed by atoms with van der Waals surface area (Å²) in [5.41, 5.74) is 4.10. The number of hydrogen-bond donors (Lipinski definition) is 1. The van der Waals surface area contributed by atoms with E-state index in [-0.39, 0.29) is 12.5 Å². The van der Waals surface area contributed by atoms with Crippen LogP contribution in [0.25, 0.3) is 0 Å². The van der Waals surface area contributed by atoms with Crippen LogP contribution in [0.5, 0.6) is 5.75 Å². The van der Waals surface area contributed by atoms with Crippen molar-refractivity contribution in [1.82, 2.24) is 5.43 Å². The average molecular weight is 402 g/mol. The monoisotopic (exact) mass is 400 g/mol. The molecule has 2 aromatic rings. The van der Waals surface area contributed by atoms with E-state index in [0.29, 0.717) is 10.8 Å². The molecule has 0 aliphatic carbocycles. The molecule has 0 saturated heterocycles. The Morgan fingerprint density at radius 1 is 1.41 bits per heavy atom. The maximum Gasteiger partial charge on any atom is 0.277 e. The fourth-order valence-electron chi connectivity index (χ4n) is 1.66. The second-order valence-electron chi connectivity index (χ2n) is 4.53. The van der Waals surface area contributed by atoms with E-state index in [0.717, 1.165) is 19.9 Å². The number of aryl methyl sites for hydroxylation is 1. The molecule has 1 aromatic carbocycles. The van der Waals surface area contributed by atoms with Crippen LogP contribution in [0.4, 0.5) is 0 Å². The van der Waals surface area contributed by atoms with Crippen LogP contribution in [0.2, 0.25) is 5.02 Å².